The van der Waals surface area contributed by atoms with Gasteiger partial charge in [0.2, 0.25) is 0 Å². The number of rotatable bonds is 6. The first-order chi connectivity index (χ1) is 10.5. The van der Waals surface area contributed by atoms with Crippen LogP contribution in [0.15, 0.2) is 30.3 Å². The van der Waals surface area contributed by atoms with Crippen LogP contribution in [0.1, 0.15) is 26.3 Å². The van der Waals surface area contributed by atoms with Gasteiger partial charge in [0.1, 0.15) is 12.6 Å². The number of esters is 1. The first-order valence-electron chi connectivity index (χ1n) is 7.70. The number of Topliss-reactive ketones (excluding diaryl/α,β-unsaturated/α-hetero) is 1. The highest BCUT2D eigenvalue weighted by Gasteiger charge is 2.36. The predicted molar refractivity (Wildman–Crippen MR) is 84.3 cm³/mol. The molecule has 120 valence electrons. The number of nitrogens with zero attached hydrogens (tertiary/aromatic N) is 1. The molecule has 1 saturated heterocycles. The van der Waals surface area contributed by atoms with Crippen LogP contribution in [0, 0.1) is 0 Å². The van der Waals surface area contributed by atoms with Gasteiger partial charge in [-0.25, -0.2) is 0 Å². The molecule has 1 N–H and O–H groups in total. The van der Waals surface area contributed by atoms with Crippen LogP contribution < -0.4 is 5.32 Å². The molecule has 1 aromatic carbocycles. The number of hydrogen-bond donors (Lipinski definition) is 1. The summed E-state index contributed by atoms with van der Waals surface area (Å²) in [6.45, 7) is 6.92. The van der Waals surface area contributed by atoms with Crippen LogP contribution >= 0.6 is 0 Å². The molecule has 0 aromatic heterocycles. The van der Waals surface area contributed by atoms with Crippen LogP contribution in [-0.2, 0) is 20.9 Å². The zero-order chi connectivity index (χ0) is 16.1. The van der Waals surface area contributed by atoms with Crippen molar-refractivity contribution in [1.82, 2.24) is 10.2 Å². The monoisotopic (exact) mass is 304 g/mol. The molecule has 1 aromatic rings. The van der Waals surface area contributed by atoms with Gasteiger partial charge >= 0.3 is 5.97 Å². The minimum absolute atomic E-state index is 0.136. The Labute approximate surface area is 131 Å². The van der Waals surface area contributed by atoms with Crippen molar-refractivity contribution < 1.29 is 14.3 Å². The number of carbonyl (C=O) groups excluding carboxylic acids is 2. The summed E-state index contributed by atoms with van der Waals surface area (Å²) in [5, 5.41) is 3.23. The summed E-state index contributed by atoms with van der Waals surface area (Å²) < 4.78 is 5.34. The summed E-state index contributed by atoms with van der Waals surface area (Å²) in [6.07, 6.45) is 0. The quantitative estimate of drug-likeness (QED) is 0.804. The van der Waals surface area contributed by atoms with Gasteiger partial charge in [0.05, 0.1) is 12.6 Å². The normalized spacial score (nSPS) is 20.4. The molecule has 0 spiro atoms. The zero-order valence-corrected chi connectivity index (χ0v) is 13.4. The molecular formula is C17H24N2O3. The Bertz CT molecular complexity index is 516. The van der Waals surface area contributed by atoms with Gasteiger partial charge in [-0.05, 0) is 12.5 Å². The number of benzene rings is 1. The topological polar surface area (TPSA) is 58.6 Å². The van der Waals surface area contributed by atoms with E-state index >= 15 is 0 Å². The maximum atomic E-state index is 12.1. The second-order valence-corrected chi connectivity index (χ2v) is 6.04. The maximum absolute atomic E-state index is 12.1. The molecule has 1 aliphatic heterocycles. The third kappa shape index (κ3) is 4.39. The highest BCUT2D eigenvalue weighted by atomic mass is 16.5. The summed E-state index contributed by atoms with van der Waals surface area (Å²) >= 11 is 0. The molecule has 0 aliphatic carbocycles. The van der Waals surface area contributed by atoms with Crippen molar-refractivity contribution in [2.75, 3.05) is 13.1 Å². The van der Waals surface area contributed by atoms with E-state index in [4.69, 9.17) is 4.74 Å². The molecule has 1 aliphatic rings. The fourth-order valence-corrected chi connectivity index (χ4v) is 2.55. The van der Waals surface area contributed by atoms with Crippen LogP contribution in [0.3, 0.4) is 0 Å². The molecule has 1 fully saturated rings. The Hall–Kier alpha value is -1.72. The molecule has 0 bridgehead atoms. The molecule has 0 amide bonds. The Balaban J connectivity index is 1.84. The Morgan fingerprint density at radius 3 is 2.64 bits per heavy atom. The number of carbonyl (C=O) groups is 2. The number of hydrogen-bond acceptors (Lipinski definition) is 5. The summed E-state index contributed by atoms with van der Waals surface area (Å²) in [6, 6.07) is 9.22. The third-order valence-corrected chi connectivity index (χ3v) is 3.81. The van der Waals surface area contributed by atoms with E-state index in [1.807, 2.05) is 49.1 Å². The third-order valence-electron chi connectivity index (χ3n) is 3.81. The van der Waals surface area contributed by atoms with Crippen LogP contribution in [0.5, 0.6) is 0 Å². The van der Waals surface area contributed by atoms with Crippen molar-refractivity contribution in [3.8, 4) is 0 Å². The summed E-state index contributed by atoms with van der Waals surface area (Å²) in [4.78, 5) is 26.0. The summed E-state index contributed by atoms with van der Waals surface area (Å²) in [5.41, 5.74) is 0.958. The molecule has 2 rings (SSSR count). The lowest BCUT2D eigenvalue weighted by Crippen LogP contribution is -2.43. The van der Waals surface area contributed by atoms with E-state index in [1.54, 1.807) is 6.92 Å². The lowest BCUT2D eigenvalue weighted by atomic mass is 10.2. The SMILES string of the molecule is CC(C)N[C@H]1CN(C(C)C(=O)OCc2ccccc2)CC1=O. The first kappa shape index (κ1) is 16.6. The Morgan fingerprint density at radius 2 is 2.00 bits per heavy atom. The lowest BCUT2D eigenvalue weighted by molar-refractivity contribution is -0.150. The average molecular weight is 304 g/mol. The molecule has 0 radical (unpaired) electrons. The Kier molecular flexibility index (Phi) is 5.69. The van der Waals surface area contributed by atoms with Gasteiger partial charge in [-0.1, -0.05) is 44.2 Å². The van der Waals surface area contributed by atoms with Crippen LogP contribution in [-0.4, -0.2) is 47.9 Å². The van der Waals surface area contributed by atoms with Gasteiger partial charge < -0.3 is 10.1 Å². The number of ketones is 1. The van der Waals surface area contributed by atoms with Gasteiger partial charge in [0.25, 0.3) is 0 Å². The predicted octanol–water partition coefficient (Wildman–Crippen LogP) is 1.37. The smallest absolute Gasteiger partial charge is 0.323 e. The summed E-state index contributed by atoms with van der Waals surface area (Å²) in [5.74, 6) is -0.154. The number of likely N-dealkylation sites (tertiary alicyclic amines) is 1. The lowest BCUT2D eigenvalue weighted by Gasteiger charge is -2.22. The first-order valence-corrected chi connectivity index (χ1v) is 7.70. The Morgan fingerprint density at radius 1 is 1.32 bits per heavy atom. The van der Waals surface area contributed by atoms with Gasteiger partial charge in [-0.3, -0.25) is 14.5 Å². The molecule has 22 heavy (non-hydrogen) atoms. The molecule has 5 heteroatoms. The van der Waals surface area contributed by atoms with Crippen molar-refractivity contribution >= 4 is 11.8 Å². The molecule has 2 atom stereocenters. The van der Waals surface area contributed by atoms with E-state index in [2.05, 4.69) is 5.32 Å². The van der Waals surface area contributed by atoms with Crippen LogP contribution in [0.2, 0.25) is 0 Å². The maximum Gasteiger partial charge on any atom is 0.323 e. The van der Waals surface area contributed by atoms with E-state index in [0.717, 1.165) is 5.56 Å². The van der Waals surface area contributed by atoms with Gasteiger partial charge in [-0.15, -0.1) is 0 Å². The second-order valence-electron chi connectivity index (χ2n) is 6.04. The highest BCUT2D eigenvalue weighted by Crippen LogP contribution is 2.13. The van der Waals surface area contributed by atoms with E-state index in [-0.39, 0.29) is 30.4 Å². The van der Waals surface area contributed by atoms with Gasteiger partial charge in [-0.2, -0.15) is 0 Å². The molecule has 5 nitrogen and oxygen atoms in total. The largest absolute Gasteiger partial charge is 0.460 e. The summed E-state index contributed by atoms with van der Waals surface area (Å²) in [7, 11) is 0. The number of ether oxygens (including phenoxy) is 1. The van der Waals surface area contributed by atoms with Crippen LogP contribution in [0.4, 0.5) is 0 Å². The van der Waals surface area contributed by atoms with Crippen molar-refractivity contribution in [2.24, 2.45) is 0 Å². The van der Waals surface area contributed by atoms with Crippen molar-refractivity contribution in [3.63, 3.8) is 0 Å². The molecule has 1 heterocycles. The van der Waals surface area contributed by atoms with Gasteiger partial charge in [0, 0.05) is 12.6 Å². The zero-order valence-electron chi connectivity index (χ0n) is 13.4. The molecule has 0 saturated carbocycles. The molecule has 1 unspecified atom stereocenters. The van der Waals surface area contributed by atoms with Gasteiger partial charge in [0.15, 0.2) is 5.78 Å². The van der Waals surface area contributed by atoms with Crippen molar-refractivity contribution in [2.45, 2.75) is 45.5 Å². The minimum atomic E-state index is -0.411. The van der Waals surface area contributed by atoms with Crippen molar-refractivity contribution in [3.05, 3.63) is 35.9 Å². The number of nitrogens with one attached hydrogen (secondary N) is 1. The van der Waals surface area contributed by atoms with E-state index in [1.165, 1.54) is 0 Å². The van der Waals surface area contributed by atoms with E-state index in [0.29, 0.717) is 13.1 Å². The van der Waals surface area contributed by atoms with E-state index in [9.17, 15) is 9.59 Å². The molecular weight excluding hydrogens is 280 g/mol. The fourth-order valence-electron chi connectivity index (χ4n) is 2.55. The van der Waals surface area contributed by atoms with E-state index < -0.39 is 6.04 Å². The fraction of sp³-hybridized carbons (Fsp3) is 0.529. The highest BCUT2D eigenvalue weighted by molar-refractivity contribution is 5.89. The van der Waals surface area contributed by atoms with Crippen LogP contribution in [0.25, 0.3) is 0 Å². The standard InChI is InChI=1S/C17H24N2O3/c1-12(2)18-15-9-19(10-16(15)20)13(3)17(21)22-11-14-7-5-4-6-8-14/h4-8,12-13,15,18H,9-11H2,1-3H3/t13?,15-/m0/s1. The minimum Gasteiger partial charge on any atom is -0.460 e. The van der Waals surface area contributed by atoms with Crippen molar-refractivity contribution in [1.29, 1.82) is 0 Å². The second kappa shape index (κ2) is 7.51. The average Bonchev–Trinajstić information content (AvgIpc) is 2.85.